The molecule has 406 valence electrons. The average molecular weight is 1070 g/mol. The number of amides is 3. The smallest absolute Gasteiger partial charge is 0.444 e. The van der Waals surface area contributed by atoms with E-state index in [2.05, 4.69) is 4.18 Å². The van der Waals surface area contributed by atoms with Crippen LogP contribution < -0.4 is 5.73 Å². The quantitative estimate of drug-likeness (QED) is 0.0648. The molecule has 0 bridgehead atoms. The van der Waals surface area contributed by atoms with Crippen LogP contribution in [0.15, 0.2) is 60.7 Å². The number of ether oxygens (including phenoxy) is 5. The van der Waals surface area contributed by atoms with E-state index < -0.39 is 76.7 Å². The van der Waals surface area contributed by atoms with Crippen LogP contribution in [0.5, 0.6) is 0 Å². The van der Waals surface area contributed by atoms with Gasteiger partial charge in [-0.1, -0.05) is 75.5 Å². The normalized spacial score (nSPS) is 12.3. The van der Waals surface area contributed by atoms with Gasteiger partial charge in [-0.2, -0.15) is 48.6 Å². The molecular formula is C44H77F7N4O11S3. The summed E-state index contributed by atoms with van der Waals surface area (Å²) in [5.41, 5.74) is -0.0288. The Morgan fingerprint density at radius 2 is 0.928 bits per heavy atom. The Balaban J connectivity index is -0.000000319. The first-order valence-electron chi connectivity index (χ1n) is 20.0. The van der Waals surface area contributed by atoms with E-state index in [9.17, 15) is 53.5 Å². The lowest BCUT2D eigenvalue weighted by molar-refractivity contribution is -0.0573. The van der Waals surface area contributed by atoms with E-state index >= 15 is 0 Å². The molecule has 0 fully saturated rings. The fourth-order valence-corrected chi connectivity index (χ4v) is 4.96. The molecule has 0 aromatic heterocycles. The van der Waals surface area contributed by atoms with E-state index in [0.717, 1.165) is 16.0 Å². The van der Waals surface area contributed by atoms with Gasteiger partial charge in [-0.05, 0) is 73.4 Å². The first kappa shape index (κ1) is 74.2. The summed E-state index contributed by atoms with van der Waals surface area (Å²) in [6.45, 7) is 14.3. The Morgan fingerprint density at radius 3 is 1.25 bits per heavy atom. The zero-order valence-electron chi connectivity index (χ0n) is 39.7. The molecule has 0 saturated carbocycles. The lowest BCUT2D eigenvalue weighted by Crippen LogP contribution is -2.51. The van der Waals surface area contributed by atoms with E-state index in [1.54, 1.807) is 48.6 Å². The molecule has 2 aromatic carbocycles. The summed E-state index contributed by atoms with van der Waals surface area (Å²) in [7, 11) is -2.71. The van der Waals surface area contributed by atoms with Crippen molar-refractivity contribution in [1.82, 2.24) is 14.7 Å². The van der Waals surface area contributed by atoms with Gasteiger partial charge in [-0.25, -0.2) is 31.9 Å². The standard InChI is InChI=1S/C23H36F2N2O5.C16H26N2O3.C3H3F5O3S.2CH4.2H2S/c1-22(2,3)31-20(28)26(7)18(16-30-15-17-11-9-8-10-12-17)13-27(14-19(24)25)21(29)32-23(4,5)6;1-16(2,3)21-15(19)18(4)14(10-17)12-20-11-13-8-6-5-7-9-13;4-2(5)1-11-12(9,10)3(6,7)8;;;;/h8-12,18-19H,13-16H2,1-7H3;5-9,14H,10-12,17H2,1-4H3;2H,1H2;2*1H4;2*1H2/t18-;14-;;;;;/m00...../s1. The molecule has 0 aliphatic heterocycles. The predicted octanol–water partition coefficient (Wildman–Crippen LogP) is 9.95. The lowest BCUT2D eigenvalue weighted by Gasteiger charge is -2.35. The van der Waals surface area contributed by atoms with Gasteiger partial charge >= 0.3 is 33.9 Å². The van der Waals surface area contributed by atoms with Crippen LogP contribution in [0.25, 0.3) is 0 Å². The van der Waals surface area contributed by atoms with Crippen molar-refractivity contribution in [2.75, 3.05) is 53.6 Å². The summed E-state index contributed by atoms with van der Waals surface area (Å²) in [4.78, 5) is 40.8. The van der Waals surface area contributed by atoms with Crippen LogP contribution in [0.3, 0.4) is 0 Å². The molecular weight excluding hydrogens is 990 g/mol. The third-order valence-electron chi connectivity index (χ3n) is 7.65. The fraction of sp³-hybridized carbons (Fsp3) is 0.659. The van der Waals surface area contributed by atoms with Crippen LogP contribution in [0, 0.1) is 0 Å². The number of rotatable bonds is 18. The van der Waals surface area contributed by atoms with Crippen molar-refractivity contribution < 1.29 is 81.4 Å². The molecule has 15 nitrogen and oxygen atoms in total. The average Bonchev–Trinajstić information content (AvgIpc) is 3.16. The van der Waals surface area contributed by atoms with E-state index in [1.807, 2.05) is 81.4 Å². The van der Waals surface area contributed by atoms with Crippen molar-refractivity contribution in [3.8, 4) is 0 Å². The molecule has 2 aromatic rings. The van der Waals surface area contributed by atoms with Gasteiger partial charge in [0.05, 0.1) is 45.1 Å². The zero-order chi connectivity index (χ0) is 50.4. The molecule has 0 spiro atoms. The van der Waals surface area contributed by atoms with E-state index in [4.69, 9.17) is 29.4 Å². The van der Waals surface area contributed by atoms with Crippen LogP contribution in [0.4, 0.5) is 45.1 Å². The summed E-state index contributed by atoms with van der Waals surface area (Å²) in [5, 5.41) is 0. The van der Waals surface area contributed by atoms with Gasteiger partial charge in [0.15, 0.2) is 0 Å². The number of hydrogen-bond acceptors (Lipinski definition) is 12. The topological polar surface area (TPSA) is 176 Å². The Morgan fingerprint density at radius 1 is 0.580 bits per heavy atom. The van der Waals surface area contributed by atoms with Crippen molar-refractivity contribution in [2.24, 2.45) is 5.73 Å². The highest BCUT2D eigenvalue weighted by Crippen LogP contribution is 2.25. The number of benzene rings is 2. The molecule has 2 atom stereocenters. The second-order valence-electron chi connectivity index (χ2n) is 17.1. The third kappa shape index (κ3) is 35.1. The van der Waals surface area contributed by atoms with Crippen LogP contribution in [0.2, 0.25) is 0 Å². The monoisotopic (exact) mass is 1070 g/mol. The van der Waals surface area contributed by atoms with Gasteiger partial charge in [0.25, 0.3) is 12.9 Å². The molecule has 0 unspecified atom stereocenters. The second kappa shape index (κ2) is 34.6. The molecule has 2 rings (SSSR count). The number of nitrogens with two attached hydrogens (primary N) is 1. The van der Waals surface area contributed by atoms with Gasteiger partial charge < -0.3 is 44.1 Å². The first-order chi connectivity index (χ1) is 29.7. The molecule has 0 radical (unpaired) electrons. The summed E-state index contributed by atoms with van der Waals surface area (Å²) in [6, 6.07) is 18.3. The maximum atomic E-state index is 13.2. The SMILES string of the molecule is C.C.CN(C(=O)OC(C)(C)C)[C@@H](CN)COCc1ccccc1.CN(C(=O)OC(C)(C)C)[C@H](COCc1ccccc1)CN(CC(F)F)C(=O)OC(C)(C)C.O=S(=O)(OCC(F)F)C(F)(F)F.S.S. The maximum Gasteiger partial charge on any atom is 0.523 e. The molecule has 25 heteroatoms. The Labute approximate surface area is 418 Å². The van der Waals surface area contributed by atoms with Crippen LogP contribution >= 0.6 is 27.0 Å². The van der Waals surface area contributed by atoms with E-state index in [-0.39, 0.29) is 73.7 Å². The maximum absolute atomic E-state index is 13.2. The zero-order valence-corrected chi connectivity index (χ0v) is 42.5. The van der Waals surface area contributed by atoms with Gasteiger partial charge in [0, 0.05) is 27.2 Å². The number of nitrogens with zero attached hydrogens (tertiary/aromatic N) is 3. The van der Waals surface area contributed by atoms with Crippen molar-refractivity contribution in [3.63, 3.8) is 0 Å². The molecule has 3 amide bonds. The largest absolute Gasteiger partial charge is 0.523 e. The van der Waals surface area contributed by atoms with Crippen LogP contribution in [-0.2, 0) is 51.2 Å². The minimum atomic E-state index is -5.87. The molecule has 0 aliphatic rings. The lowest BCUT2D eigenvalue weighted by atomic mass is 10.2. The number of alkyl halides is 7. The van der Waals surface area contributed by atoms with Crippen molar-refractivity contribution in [1.29, 1.82) is 0 Å². The van der Waals surface area contributed by atoms with Crippen LogP contribution in [0.1, 0.15) is 88.3 Å². The highest BCUT2D eigenvalue weighted by atomic mass is 32.2. The molecule has 0 saturated heterocycles. The van der Waals surface area contributed by atoms with Crippen molar-refractivity contribution in [2.45, 2.75) is 138 Å². The first-order valence-corrected chi connectivity index (χ1v) is 21.4. The number of carbonyl (C=O) groups is 3. The van der Waals surface area contributed by atoms with Crippen LogP contribution in [-0.4, -0.2) is 142 Å². The highest BCUT2D eigenvalue weighted by molar-refractivity contribution is 7.87. The number of likely N-dealkylation sites (N-methyl/N-ethyl adjacent to an activating group) is 2. The van der Waals surface area contributed by atoms with Crippen molar-refractivity contribution in [3.05, 3.63) is 71.8 Å². The van der Waals surface area contributed by atoms with Gasteiger partial charge in [-0.15, -0.1) is 0 Å². The minimum Gasteiger partial charge on any atom is -0.444 e. The van der Waals surface area contributed by atoms with E-state index in [0.29, 0.717) is 19.8 Å². The highest BCUT2D eigenvalue weighted by Gasteiger charge is 2.47. The third-order valence-corrected chi connectivity index (χ3v) is 8.66. The Kier molecular flexibility index (Phi) is 37.2. The van der Waals surface area contributed by atoms with Gasteiger partial charge in [0.2, 0.25) is 0 Å². The molecule has 2 N–H and O–H groups in total. The number of hydrogen-bond donors (Lipinski definition) is 1. The number of carbonyl (C=O) groups excluding carboxylic acids is 3. The molecule has 0 heterocycles. The minimum absolute atomic E-state index is 0. The van der Waals surface area contributed by atoms with E-state index in [1.165, 1.54) is 16.8 Å². The second-order valence-corrected chi connectivity index (χ2v) is 18.7. The van der Waals surface area contributed by atoms with Gasteiger partial charge in [0.1, 0.15) is 23.4 Å². The fourth-order valence-electron chi connectivity index (χ4n) is 4.54. The summed E-state index contributed by atoms with van der Waals surface area (Å²) in [6.07, 6.45) is -7.95. The summed E-state index contributed by atoms with van der Waals surface area (Å²) in [5.74, 6) is 0. The van der Waals surface area contributed by atoms with Gasteiger partial charge in [-0.3, -0.25) is 4.18 Å². The predicted molar refractivity (Wildman–Crippen MR) is 262 cm³/mol. The Bertz CT molecular complexity index is 1790. The molecule has 0 aliphatic carbocycles. The molecule has 69 heavy (non-hydrogen) atoms. The number of halogens is 7. The van der Waals surface area contributed by atoms with Crippen molar-refractivity contribution >= 4 is 55.4 Å². The summed E-state index contributed by atoms with van der Waals surface area (Å²) >= 11 is 0. The Hall–Kier alpha value is -3.75. The summed E-state index contributed by atoms with van der Waals surface area (Å²) < 4.78 is 133.